The summed E-state index contributed by atoms with van der Waals surface area (Å²) >= 11 is 0. The summed E-state index contributed by atoms with van der Waals surface area (Å²) in [5.74, 6) is -1.03. The third-order valence-electron chi connectivity index (χ3n) is 3.62. The van der Waals surface area contributed by atoms with E-state index in [1.807, 2.05) is 13.8 Å². The van der Waals surface area contributed by atoms with Crippen LogP contribution in [0.1, 0.15) is 48.0 Å². The molecule has 0 saturated carbocycles. The summed E-state index contributed by atoms with van der Waals surface area (Å²) < 4.78 is 5.42. The highest BCUT2D eigenvalue weighted by Gasteiger charge is 2.16. The second kappa shape index (κ2) is 10.2. The molecule has 28 heavy (non-hydrogen) atoms. The molecule has 0 bridgehead atoms. The molecule has 9 heteroatoms. The molecule has 3 amide bonds. The van der Waals surface area contributed by atoms with Gasteiger partial charge in [0, 0.05) is 31.3 Å². The summed E-state index contributed by atoms with van der Waals surface area (Å²) in [6.45, 7) is 6.28. The van der Waals surface area contributed by atoms with Crippen molar-refractivity contribution in [2.45, 2.75) is 33.3 Å². The molecule has 0 radical (unpaired) electrons. The predicted molar refractivity (Wildman–Crippen MR) is 105 cm³/mol. The lowest BCUT2D eigenvalue weighted by Crippen LogP contribution is -2.27. The summed E-state index contributed by atoms with van der Waals surface area (Å²) in [6.07, 6.45) is 2.19. The van der Waals surface area contributed by atoms with E-state index in [1.165, 1.54) is 13.1 Å². The quantitative estimate of drug-likeness (QED) is 0.491. The summed E-state index contributed by atoms with van der Waals surface area (Å²) in [5, 5.41) is 14.5. The zero-order chi connectivity index (χ0) is 20.5. The number of aromatic amines is 1. The second-order valence-corrected chi connectivity index (χ2v) is 6.40. The first kappa shape index (κ1) is 21.1. The van der Waals surface area contributed by atoms with Crippen LogP contribution in [0, 0.1) is 0 Å². The summed E-state index contributed by atoms with van der Waals surface area (Å²) in [6, 6.07) is 6.49. The molecule has 0 saturated heterocycles. The maximum Gasteiger partial charge on any atom is 0.271 e. The van der Waals surface area contributed by atoms with Crippen LogP contribution in [0.2, 0.25) is 0 Å². The maximum atomic E-state index is 12.5. The fourth-order valence-corrected chi connectivity index (χ4v) is 2.37. The van der Waals surface area contributed by atoms with Crippen molar-refractivity contribution in [2.24, 2.45) is 0 Å². The van der Waals surface area contributed by atoms with E-state index in [1.54, 1.807) is 24.3 Å². The third kappa shape index (κ3) is 6.51. The maximum absolute atomic E-state index is 12.5. The summed E-state index contributed by atoms with van der Waals surface area (Å²) in [5.41, 5.74) is 1.28. The van der Waals surface area contributed by atoms with E-state index >= 15 is 0 Å². The Morgan fingerprint density at radius 2 is 1.96 bits per heavy atom. The first-order valence-electron chi connectivity index (χ1n) is 8.99. The van der Waals surface area contributed by atoms with Crippen LogP contribution in [0.25, 0.3) is 0 Å². The van der Waals surface area contributed by atoms with Gasteiger partial charge in [-0.25, -0.2) is 0 Å². The van der Waals surface area contributed by atoms with Crippen LogP contribution in [-0.2, 0) is 9.53 Å². The number of carbonyl (C=O) groups is 3. The van der Waals surface area contributed by atoms with Gasteiger partial charge in [-0.15, -0.1) is 0 Å². The SMILES string of the molecule is CC(=O)Nc1cccc(C(=O)Nc2cn[nH]c2C(=O)NCCCOC(C)C)c1. The number of nitrogens with zero attached hydrogens (tertiary/aromatic N) is 1. The van der Waals surface area contributed by atoms with Crippen molar-refractivity contribution in [1.29, 1.82) is 0 Å². The van der Waals surface area contributed by atoms with Crippen LogP contribution in [0.3, 0.4) is 0 Å². The van der Waals surface area contributed by atoms with E-state index < -0.39 is 5.91 Å². The molecule has 1 aromatic carbocycles. The first-order valence-corrected chi connectivity index (χ1v) is 8.99. The zero-order valence-corrected chi connectivity index (χ0v) is 16.2. The predicted octanol–water partition coefficient (Wildman–Crippen LogP) is 2.17. The Hall–Kier alpha value is -3.20. The van der Waals surface area contributed by atoms with Gasteiger partial charge in [0.2, 0.25) is 5.91 Å². The average molecular weight is 387 g/mol. The molecule has 0 atom stereocenters. The van der Waals surface area contributed by atoms with Gasteiger partial charge in [-0.3, -0.25) is 19.5 Å². The molecule has 0 aliphatic heterocycles. The standard InChI is InChI=1S/C19H25N5O4/c1-12(2)28-9-5-8-20-19(27)17-16(11-21-24-17)23-18(26)14-6-4-7-15(10-14)22-13(3)25/h4,6-7,10-12H,5,8-9H2,1-3H3,(H,20,27)(H,21,24)(H,22,25)(H,23,26). The van der Waals surface area contributed by atoms with Gasteiger partial charge in [-0.1, -0.05) is 6.07 Å². The van der Waals surface area contributed by atoms with Gasteiger partial charge in [-0.2, -0.15) is 5.10 Å². The summed E-state index contributed by atoms with van der Waals surface area (Å²) in [4.78, 5) is 35.9. The van der Waals surface area contributed by atoms with Gasteiger partial charge in [0.15, 0.2) is 0 Å². The van der Waals surface area contributed by atoms with Gasteiger partial charge >= 0.3 is 0 Å². The lowest BCUT2D eigenvalue weighted by Gasteiger charge is -2.09. The van der Waals surface area contributed by atoms with E-state index in [-0.39, 0.29) is 29.3 Å². The van der Waals surface area contributed by atoms with Crippen LogP contribution in [0.5, 0.6) is 0 Å². The number of hydrogen-bond acceptors (Lipinski definition) is 5. The highest BCUT2D eigenvalue weighted by atomic mass is 16.5. The monoisotopic (exact) mass is 387 g/mol. The molecule has 1 heterocycles. The third-order valence-corrected chi connectivity index (χ3v) is 3.62. The van der Waals surface area contributed by atoms with Crippen LogP contribution in [0.4, 0.5) is 11.4 Å². The van der Waals surface area contributed by atoms with Crippen molar-refractivity contribution in [3.05, 3.63) is 41.7 Å². The number of amides is 3. The number of H-pyrrole nitrogens is 1. The molecular formula is C19H25N5O4. The molecule has 2 aromatic rings. The van der Waals surface area contributed by atoms with Gasteiger partial charge in [0.1, 0.15) is 5.69 Å². The Morgan fingerprint density at radius 3 is 2.68 bits per heavy atom. The number of hydrogen-bond donors (Lipinski definition) is 4. The van der Waals surface area contributed by atoms with Crippen molar-refractivity contribution in [3.63, 3.8) is 0 Å². The number of aromatic nitrogens is 2. The highest BCUT2D eigenvalue weighted by molar-refractivity contribution is 6.08. The number of carbonyl (C=O) groups excluding carboxylic acids is 3. The molecule has 4 N–H and O–H groups in total. The van der Waals surface area contributed by atoms with Crippen molar-refractivity contribution >= 4 is 29.1 Å². The number of ether oxygens (including phenoxy) is 1. The van der Waals surface area contributed by atoms with Crippen molar-refractivity contribution in [3.8, 4) is 0 Å². The smallest absolute Gasteiger partial charge is 0.271 e. The fraction of sp³-hybridized carbons (Fsp3) is 0.368. The molecular weight excluding hydrogens is 362 g/mol. The largest absolute Gasteiger partial charge is 0.379 e. The molecule has 2 rings (SSSR count). The molecule has 0 aliphatic rings. The lowest BCUT2D eigenvalue weighted by atomic mass is 10.2. The van der Waals surface area contributed by atoms with Crippen LogP contribution >= 0.6 is 0 Å². The molecule has 150 valence electrons. The van der Waals surface area contributed by atoms with Crippen molar-refractivity contribution < 1.29 is 19.1 Å². The normalized spacial score (nSPS) is 10.6. The molecule has 9 nitrogen and oxygen atoms in total. The fourth-order valence-electron chi connectivity index (χ4n) is 2.37. The average Bonchev–Trinajstić information content (AvgIpc) is 3.09. The first-order chi connectivity index (χ1) is 13.4. The number of nitrogens with one attached hydrogen (secondary N) is 4. The Bertz CT molecular complexity index is 831. The van der Waals surface area contributed by atoms with Crippen LogP contribution in [0.15, 0.2) is 30.5 Å². The lowest BCUT2D eigenvalue weighted by molar-refractivity contribution is -0.114. The Morgan fingerprint density at radius 1 is 1.18 bits per heavy atom. The zero-order valence-electron chi connectivity index (χ0n) is 16.2. The van der Waals surface area contributed by atoms with E-state index in [4.69, 9.17) is 4.74 Å². The minimum absolute atomic E-state index is 0.147. The van der Waals surface area contributed by atoms with E-state index in [0.717, 1.165) is 0 Å². The Balaban J connectivity index is 1.95. The minimum Gasteiger partial charge on any atom is -0.379 e. The Kier molecular flexibility index (Phi) is 7.70. The topological polar surface area (TPSA) is 125 Å². The highest BCUT2D eigenvalue weighted by Crippen LogP contribution is 2.16. The van der Waals surface area contributed by atoms with E-state index in [0.29, 0.717) is 30.8 Å². The minimum atomic E-state index is -0.423. The van der Waals surface area contributed by atoms with Crippen LogP contribution in [-0.4, -0.2) is 47.2 Å². The Labute approximate surface area is 163 Å². The van der Waals surface area contributed by atoms with Crippen molar-refractivity contribution in [2.75, 3.05) is 23.8 Å². The second-order valence-electron chi connectivity index (χ2n) is 6.40. The van der Waals surface area contributed by atoms with Crippen LogP contribution < -0.4 is 16.0 Å². The van der Waals surface area contributed by atoms with Gasteiger partial charge in [0.25, 0.3) is 11.8 Å². The van der Waals surface area contributed by atoms with Gasteiger partial charge in [-0.05, 0) is 38.5 Å². The van der Waals surface area contributed by atoms with E-state index in [9.17, 15) is 14.4 Å². The number of anilines is 2. The number of benzene rings is 1. The van der Waals surface area contributed by atoms with Gasteiger partial charge in [0.05, 0.1) is 18.0 Å². The molecule has 1 aromatic heterocycles. The molecule has 0 fully saturated rings. The summed E-state index contributed by atoms with van der Waals surface area (Å²) in [7, 11) is 0. The molecule has 0 unspecified atom stereocenters. The van der Waals surface area contributed by atoms with Crippen molar-refractivity contribution in [1.82, 2.24) is 15.5 Å². The number of rotatable bonds is 9. The molecule has 0 aliphatic carbocycles. The van der Waals surface area contributed by atoms with Gasteiger partial charge < -0.3 is 20.7 Å². The molecule has 0 spiro atoms. The van der Waals surface area contributed by atoms with E-state index in [2.05, 4.69) is 26.1 Å².